The van der Waals surface area contributed by atoms with Crippen LogP contribution in [0.25, 0.3) is 5.57 Å². The number of aliphatic hydroxyl groups is 1. The number of pyridine rings is 1. The third kappa shape index (κ3) is 5.04. The lowest BCUT2D eigenvalue weighted by Crippen LogP contribution is -2.15. The second-order valence-electron chi connectivity index (χ2n) is 8.82. The number of rotatable bonds is 4. The largest absolute Gasteiger partial charge is 0.512 e. The Labute approximate surface area is 189 Å². The number of ketones is 1. The van der Waals surface area contributed by atoms with E-state index in [1.54, 1.807) is 12.1 Å². The lowest BCUT2D eigenvalue weighted by molar-refractivity contribution is -0.138. The standard InChI is InChI=1S/C25H25F4NO3/c1-2-16-7-8-18(33-24-20(26)11-17(13-30-24)25(27,28)29)12-19(16)23-21(31)9-14-3-4-15(6-5-14)10-22(23)32/h7-8,11-15,31H,2-6,9-10H2,1H3/b23-21+/t14-,15+. The zero-order valence-corrected chi connectivity index (χ0v) is 18.2. The molecule has 0 saturated heterocycles. The third-order valence-corrected chi connectivity index (χ3v) is 6.57. The van der Waals surface area contributed by atoms with Gasteiger partial charge >= 0.3 is 6.18 Å². The van der Waals surface area contributed by atoms with Crippen LogP contribution in [0.1, 0.15) is 62.1 Å². The van der Waals surface area contributed by atoms with Gasteiger partial charge in [0.2, 0.25) is 0 Å². The Bertz CT molecular complexity index is 1090. The van der Waals surface area contributed by atoms with Crippen LogP contribution < -0.4 is 4.74 Å². The Hall–Kier alpha value is -2.90. The molecule has 2 bridgehead atoms. The van der Waals surface area contributed by atoms with Gasteiger partial charge in [0, 0.05) is 19.0 Å². The molecule has 3 aliphatic rings. The molecule has 33 heavy (non-hydrogen) atoms. The van der Waals surface area contributed by atoms with Crippen molar-refractivity contribution in [3.63, 3.8) is 0 Å². The topological polar surface area (TPSA) is 59.4 Å². The molecule has 8 heteroatoms. The van der Waals surface area contributed by atoms with Crippen LogP contribution in [-0.2, 0) is 17.4 Å². The van der Waals surface area contributed by atoms with Crippen LogP contribution >= 0.6 is 0 Å². The molecule has 3 aliphatic carbocycles. The molecule has 1 heterocycles. The zero-order valence-electron chi connectivity index (χ0n) is 18.2. The van der Waals surface area contributed by atoms with Crippen LogP contribution in [0.4, 0.5) is 17.6 Å². The first-order valence-electron chi connectivity index (χ1n) is 11.1. The minimum Gasteiger partial charge on any atom is -0.512 e. The highest BCUT2D eigenvalue weighted by Crippen LogP contribution is 2.40. The molecule has 0 amide bonds. The molecule has 1 saturated carbocycles. The lowest BCUT2D eigenvalue weighted by atomic mass is 9.79. The molecule has 4 nitrogen and oxygen atoms in total. The first-order valence-corrected chi connectivity index (χ1v) is 11.1. The Morgan fingerprint density at radius 2 is 1.76 bits per heavy atom. The number of carbonyl (C=O) groups excluding carboxylic acids is 1. The number of hydrogen-bond acceptors (Lipinski definition) is 4. The number of aromatic nitrogens is 1. The first kappa shape index (κ1) is 23.3. The van der Waals surface area contributed by atoms with Gasteiger partial charge in [0.05, 0.1) is 11.1 Å². The number of Topliss-reactive ketones (excluding diaryl/α,β-unsaturated/α-hetero) is 1. The van der Waals surface area contributed by atoms with Gasteiger partial charge in [0.1, 0.15) is 11.5 Å². The maximum absolute atomic E-state index is 14.2. The summed E-state index contributed by atoms with van der Waals surface area (Å²) in [5.74, 6) is -1.19. The molecule has 1 N–H and O–H groups in total. The summed E-state index contributed by atoms with van der Waals surface area (Å²) in [6.07, 6.45) is 1.07. The van der Waals surface area contributed by atoms with E-state index in [2.05, 4.69) is 4.98 Å². The molecule has 1 fully saturated rings. The molecule has 0 unspecified atom stereocenters. The van der Waals surface area contributed by atoms with E-state index in [-0.39, 0.29) is 22.9 Å². The fourth-order valence-corrected chi connectivity index (χ4v) is 4.77. The van der Waals surface area contributed by atoms with Gasteiger partial charge < -0.3 is 9.84 Å². The van der Waals surface area contributed by atoms with E-state index in [1.165, 1.54) is 6.07 Å². The minimum atomic E-state index is -4.72. The summed E-state index contributed by atoms with van der Waals surface area (Å²) in [4.78, 5) is 16.7. The van der Waals surface area contributed by atoms with E-state index in [9.17, 15) is 27.5 Å². The second-order valence-corrected chi connectivity index (χ2v) is 8.82. The molecule has 1 aromatic heterocycles. The smallest absolute Gasteiger partial charge is 0.417 e. The summed E-state index contributed by atoms with van der Waals surface area (Å²) in [5, 5.41) is 10.9. The number of aryl methyl sites for hydroxylation is 1. The van der Waals surface area contributed by atoms with E-state index >= 15 is 0 Å². The number of carbonyl (C=O) groups is 1. The summed E-state index contributed by atoms with van der Waals surface area (Å²) >= 11 is 0. The number of fused-ring (bicyclic) bond motifs is 5. The van der Waals surface area contributed by atoms with Crippen molar-refractivity contribution < 1.29 is 32.2 Å². The number of aliphatic hydroxyl groups excluding tert-OH is 1. The van der Waals surface area contributed by atoms with Gasteiger partial charge in [-0.3, -0.25) is 4.79 Å². The van der Waals surface area contributed by atoms with Gasteiger partial charge in [-0.25, -0.2) is 9.37 Å². The molecular formula is C25H25F4NO3. The van der Waals surface area contributed by atoms with Crippen molar-refractivity contribution in [3.8, 4) is 11.6 Å². The Morgan fingerprint density at radius 1 is 1.09 bits per heavy atom. The predicted molar refractivity (Wildman–Crippen MR) is 114 cm³/mol. The lowest BCUT2D eigenvalue weighted by Gasteiger charge is -2.26. The number of benzene rings is 1. The molecule has 5 rings (SSSR count). The van der Waals surface area contributed by atoms with Crippen LogP contribution in [0, 0.1) is 17.7 Å². The highest BCUT2D eigenvalue weighted by Gasteiger charge is 2.33. The summed E-state index contributed by atoms with van der Waals surface area (Å²) in [5.41, 5.74) is 0.364. The van der Waals surface area contributed by atoms with Gasteiger partial charge in [-0.1, -0.05) is 13.0 Å². The van der Waals surface area contributed by atoms with Crippen molar-refractivity contribution in [3.05, 3.63) is 58.7 Å². The van der Waals surface area contributed by atoms with Gasteiger partial charge in [0.15, 0.2) is 11.6 Å². The Morgan fingerprint density at radius 3 is 2.36 bits per heavy atom. The fourth-order valence-electron chi connectivity index (χ4n) is 4.77. The minimum absolute atomic E-state index is 0.0539. The van der Waals surface area contributed by atoms with Crippen molar-refractivity contribution >= 4 is 11.4 Å². The number of hydrogen-bond donors (Lipinski definition) is 1. The van der Waals surface area contributed by atoms with Crippen molar-refractivity contribution in [1.29, 1.82) is 0 Å². The Kier molecular flexibility index (Phi) is 6.45. The fraction of sp³-hybridized carbons (Fsp3) is 0.440. The number of allylic oxidation sites excluding steroid dienone is 2. The summed E-state index contributed by atoms with van der Waals surface area (Å²) in [6, 6.07) is 5.11. The number of halogens is 4. The SMILES string of the molecule is CCc1ccc(Oc2ncc(C(F)(F)F)cc2F)cc1/C1=C(\O)C[C@H]2CC[C@H](CC2)CC1=O. The predicted octanol–water partition coefficient (Wildman–Crippen LogP) is 7.03. The van der Waals surface area contributed by atoms with E-state index in [0.717, 1.165) is 31.2 Å². The van der Waals surface area contributed by atoms with Gasteiger partial charge in [-0.2, -0.15) is 13.2 Å². The van der Waals surface area contributed by atoms with E-state index in [0.29, 0.717) is 48.9 Å². The van der Waals surface area contributed by atoms with Crippen LogP contribution in [0.2, 0.25) is 0 Å². The highest BCUT2D eigenvalue weighted by atomic mass is 19.4. The van der Waals surface area contributed by atoms with E-state index in [4.69, 9.17) is 4.74 Å². The van der Waals surface area contributed by atoms with Crippen molar-refractivity contribution in [2.45, 2.75) is 58.0 Å². The molecule has 2 aromatic rings. The number of nitrogens with zero attached hydrogens (tertiary/aromatic N) is 1. The quantitative estimate of drug-likeness (QED) is 0.495. The average molecular weight is 463 g/mol. The van der Waals surface area contributed by atoms with Crippen molar-refractivity contribution in [1.82, 2.24) is 4.98 Å². The first-order chi connectivity index (χ1) is 15.7. The molecule has 0 spiro atoms. The van der Waals surface area contributed by atoms with Gasteiger partial charge in [-0.15, -0.1) is 0 Å². The van der Waals surface area contributed by atoms with Gasteiger partial charge in [0.25, 0.3) is 5.88 Å². The summed E-state index contributed by atoms with van der Waals surface area (Å²) in [7, 11) is 0. The number of alkyl halides is 3. The van der Waals surface area contributed by atoms with Crippen molar-refractivity contribution in [2.75, 3.05) is 0 Å². The van der Waals surface area contributed by atoms with Crippen LogP contribution in [0.15, 0.2) is 36.2 Å². The van der Waals surface area contributed by atoms with Gasteiger partial charge in [-0.05, 0) is 73.3 Å². The molecule has 0 aliphatic heterocycles. The maximum atomic E-state index is 14.2. The number of ether oxygens (including phenoxy) is 1. The van der Waals surface area contributed by atoms with Crippen LogP contribution in [0.5, 0.6) is 11.6 Å². The van der Waals surface area contributed by atoms with Crippen molar-refractivity contribution in [2.24, 2.45) is 11.8 Å². The van der Waals surface area contributed by atoms with Crippen LogP contribution in [0.3, 0.4) is 0 Å². The third-order valence-electron chi connectivity index (χ3n) is 6.57. The molecule has 176 valence electrons. The normalized spacial score (nSPS) is 23.7. The maximum Gasteiger partial charge on any atom is 0.417 e. The molecule has 0 radical (unpaired) electrons. The summed E-state index contributed by atoms with van der Waals surface area (Å²) in [6.45, 7) is 1.91. The Balaban J connectivity index is 1.70. The average Bonchev–Trinajstić information content (AvgIpc) is 2.85. The molecule has 0 atom stereocenters. The second kappa shape index (κ2) is 9.15. The molecule has 1 aromatic carbocycles. The zero-order chi connectivity index (χ0) is 23.8. The summed E-state index contributed by atoms with van der Waals surface area (Å²) < 4.78 is 58.0. The highest BCUT2D eigenvalue weighted by molar-refractivity contribution is 6.21. The van der Waals surface area contributed by atoms with E-state index in [1.807, 2.05) is 6.92 Å². The van der Waals surface area contributed by atoms with E-state index < -0.39 is 23.4 Å². The monoisotopic (exact) mass is 463 g/mol. The van der Waals surface area contributed by atoms with Crippen LogP contribution in [-0.4, -0.2) is 15.9 Å². The molecular weight excluding hydrogens is 438 g/mol.